The SMILES string of the molecule is Cc1cc(-c2nc3cc(F)c(F)cc3s2)ccc1NC(=O)[C@@H](N)CCCCN. The van der Waals surface area contributed by atoms with Crippen LogP contribution >= 0.6 is 11.3 Å². The summed E-state index contributed by atoms with van der Waals surface area (Å²) in [7, 11) is 0. The van der Waals surface area contributed by atoms with E-state index >= 15 is 0 Å². The number of carbonyl (C=O) groups is 1. The molecule has 0 aliphatic carbocycles. The highest BCUT2D eigenvalue weighted by molar-refractivity contribution is 7.21. The van der Waals surface area contributed by atoms with Crippen molar-refractivity contribution in [2.45, 2.75) is 32.2 Å². The summed E-state index contributed by atoms with van der Waals surface area (Å²) in [5, 5.41) is 3.50. The number of hydrogen-bond acceptors (Lipinski definition) is 5. The van der Waals surface area contributed by atoms with Crippen molar-refractivity contribution in [2.24, 2.45) is 11.5 Å². The molecule has 1 heterocycles. The first kappa shape index (κ1) is 20.3. The number of amides is 1. The van der Waals surface area contributed by atoms with Crippen LogP contribution in [-0.2, 0) is 4.79 Å². The zero-order chi connectivity index (χ0) is 20.3. The van der Waals surface area contributed by atoms with Gasteiger partial charge in [0.05, 0.1) is 16.3 Å². The van der Waals surface area contributed by atoms with E-state index in [1.165, 1.54) is 11.3 Å². The number of nitrogens with one attached hydrogen (secondary N) is 1. The molecule has 0 aliphatic heterocycles. The van der Waals surface area contributed by atoms with E-state index in [2.05, 4.69) is 10.3 Å². The van der Waals surface area contributed by atoms with Gasteiger partial charge in [-0.3, -0.25) is 4.79 Å². The zero-order valence-corrected chi connectivity index (χ0v) is 16.3. The van der Waals surface area contributed by atoms with E-state index in [1.807, 2.05) is 19.1 Å². The van der Waals surface area contributed by atoms with Gasteiger partial charge in [0.2, 0.25) is 5.91 Å². The first-order valence-electron chi connectivity index (χ1n) is 9.02. The minimum atomic E-state index is -0.915. The molecule has 148 valence electrons. The van der Waals surface area contributed by atoms with Gasteiger partial charge < -0.3 is 16.8 Å². The number of nitrogens with zero attached hydrogens (tertiary/aromatic N) is 1. The minimum Gasteiger partial charge on any atom is -0.330 e. The third-order valence-electron chi connectivity index (χ3n) is 4.47. The molecule has 3 rings (SSSR count). The Morgan fingerprint density at radius 3 is 2.68 bits per heavy atom. The van der Waals surface area contributed by atoms with Crippen molar-refractivity contribution < 1.29 is 13.6 Å². The van der Waals surface area contributed by atoms with Crippen LogP contribution in [-0.4, -0.2) is 23.5 Å². The van der Waals surface area contributed by atoms with Gasteiger partial charge in [0, 0.05) is 17.3 Å². The molecular weight excluding hydrogens is 382 g/mol. The molecule has 1 amide bonds. The molecule has 5 N–H and O–H groups in total. The standard InChI is InChI=1S/C20H22F2N4OS/c1-11-8-12(20-26-17-9-13(21)14(22)10-18(17)28-20)5-6-16(11)25-19(27)15(24)4-2-3-7-23/h5-6,8-10,15H,2-4,7,23-24H2,1H3,(H,25,27)/t15-/m0/s1. The van der Waals surface area contributed by atoms with E-state index in [-0.39, 0.29) is 5.91 Å². The summed E-state index contributed by atoms with van der Waals surface area (Å²) in [5.74, 6) is -2.04. The molecule has 5 nitrogen and oxygen atoms in total. The van der Waals surface area contributed by atoms with Gasteiger partial charge in [-0.15, -0.1) is 11.3 Å². The van der Waals surface area contributed by atoms with Crippen molar-refractivity contribution in [3.63, 3.8) is 0 Å². The number of unbranched alkanes of at least 4 members (excludes halogenated alkanes) is 1. The highest BCUT2D eigenvalue weighted by Crippen LogP contribution is 2.33. The fourth-order valence-corrected chi connectivity index (χ4v) is 3.82. The lowest BCUT2D eigenvalue weighted by atomic mass is 10.1. The molecule has 0 saturated carbocycles. The number of hydrogen-bond donors (Lipinski definition) is 3. The smallest absolute Gasteiger partial charge is 0.241 e. The van der Waals surface area contributed by atoms with Crippen LogP contribution in [0, 0.1) is 18.6 Å². The van der Waals surface area contributed by atoms with Crippen LogP contribution < -0.4 is 16.8 Å². The first-order valence-corrected chi connectivity index (χ1v) is 9.84. The van der Waals surface area contributed by atoms with E-state index in [9.17, 15) is 13.6 Å². The summed E-state index contributed by atoms with van der Waals surface area (Å²) in [6, 6.07) is 7.13. The zero-order valence-electron chi connectivity index (χ0n) is 15.5. The number of carbonyl (C=O) groups excluding carboxylic acids is 1. The van der Waals surface area contributed by atoms with Crippen molar-refractivity contribution in [1.82, 2.24) is 4.98 Å². The van der Waals surface area contributed by atoms with Crippen LogP contribution in [0.2, 0.25) is 0 Å². The van der Waals surface area contributed by atoms with Crippen molar-refractivity contribution in [3.05, 3.63) is 47.5 Å². The Morgan fingerprint density at radius 2 is 1.96 bits per heavy atom. The number of aromatic nitrogens is 1. The number of fused-ring (bicyclic) bond motifs is 1. The fourth-order valence-electron chi connectivity index (χ4n) is 2.85. The molecule has 0 unspecified atom stereocenters. The van der Waals surface area contributed by atoms with Gasteiger partial charge >= 0.3 is 0 Å². The van der Waals surface area contributed by atoms with Crippen LogP contribution in [0.25, 0.3) is 20.8 Å². The predicted octanol–water partition coefficient (Wildman–Crippen LogP) is 3.94. The number of anilines is 1. The maximum Gasteiger partial charge on any atom is 0.241 e. The second-order valence-electron chi connectivity index (χ2n) is 6.66. The van der Waals surface area contributed by atoms with Crippen LogP contribution in [0.1, 0.15) is 24.8 Å². The van der Waals surface area contributed by atoms with Crippen LogP contribution in [0.3, 0.4) is 0 Å². The third-order valence-corrected chi connectivity index (χ3v) is 5.53. The summed E-state index contributed by atoms with van der Waals surface area (Å²) in [4.78, 5) is 16.6. The maximum absolute atomic E-state index is 13.4. The molecule has 2 aromatic carbocycles. The van der Waals surface area contributed by atoms with Crippen molar-refractivity contribution >= 4 is 33.1 Å². The Morgan fingerprint density at radius 1 is 1.21 bits per heavy atom. The van der Waals surface area contributed by atoms with Crippen molar-refractivity contribution in [3.8, 4) is 10.6 Å². The predicted molar refractivity (Wildman–Crippen MR) is 109 cm³/mol. The number of nitrogens with two attached hydrogens (primary N) is 2. The van der Waals surface area contributed by atoms with E-state index in [0.29, 0.717) is 33.9 Å². The van der Waals surface area contributed by atoms with E-state index in [4.69, 9.17) is 11.5 Å². The Hall–Kier alpha value is -2.42. The second-order valence-corrected chi connectivity index (χ2v) is 7.69. The van der Waals surface area contributed by atoms with Gasteiger partial charge in [-0.05, 0) is 56.1 Å². The third kappa shape index (κ3) is 4.52. The molecule has 0 radical (unpaired) electrons. The Bertz CT molecular complexity index is 966. The largest absolute Gasteiger partial charge is 0.330 e. The number of thiazole rings is 1. The topological polar surface area (TPSA) is 94.0 Å². The molecule has 1 aromatic heterocycles. The van der Waals surface area contributed by atoms with E-state index < -0.39 is 17.7 Å². The summed E-state index contributed by atoms with van der Waals surface area (Å²) in [6.07, 6.45) is 2.23. The van der Waals surface area contributed by atoms with Crippen molar-refractivity contribution in [1.29, 1.82) is 0 Å². The first-order chi connectivity index (χ1) is 13.4. The average Bonchev–Trinajstić information content (AvgIpc) is 3.06. The number of rotatable bonds is 7. The Balaban J connectivity index is 1.76. The molecule has 0 spiro atoms. The lowest BCUT2D eigenvalue weighted by molar-refractivity contribution is -0.117. The van der Waals surface area contributed by atoms with Crippen LogP contribution in [0.5, 0.6) is 0 Å². The normalized spacial score (nSPS) is 12.3. The fraction of sp³-hybridized carbons (Fsp3) is 0.300. The van der Waals surface area contributed by atoms with Gasteiger partial charge in [0.1, 0.15) is 5.01 Å². The number of aryl methyl sites for hydroxylation is 1. The van der Waals surface area contributed by atoms with E-state index in [1.54, 1.807) is 6.07 Å². The molecule has 8 heteroatoms. The quantitative estimate of drug-likeness (QED) is 0.520. The van der Waals surface area contributed by atoms with Gasteiger partial charge in [-0.25, -0.2) is 13.8 Å². The molecular formula is C20H22F2N4OS. The maximum atomic E-state index is 13.4. The summed E-state index contributed by atoms with van der Waals surface area (Å²) in [6.45, 7) is 2.45. The van der Waals surface area contributed by atoms with Gasteiger partial charge in [-0.1, -0.05) is 6.42 Å². The van der Waals surface area contributed by atoms with Crippen molar-refractivity contribution in [2.75, 3.05) is 11.9 Å². The lowest BCUT2D eigenvalue weighted by Crippen LogP contribution is -2.35. The molecule has 0 saturated heterocycles. The van der Waals surface area contributed by atoms with Gasteiger partial charge in [0.15, 0.2) is 11.6 Å². The highest BCUT2D eigenvalue weighted by atomic mass is 32.1. The van der Waals surface area contributed by atoms with Gasteiger partial charge in [-0.2, -0.15) is 0 Å². The molecule has 0 aliphatic rings. The molecule has 0 fully saturated rings. The summed E-state index contributed by atoms with van der Waals surface area (Å²) >= 11 is 1.28. The lowest BCUT2D eigenvalue weighted by Gasteiger charge is -2.14. The number of halogens is 2. The summed E-state index contributed by atoms with van der Waals surface area (Å²) in [5.41, 5.74) is 14.1. The monoisotopic (exact) mass is 404 g/mol. The second kappa shape index (κ2) is 8.72. The molecule has 28 heavy (non-hydrogen) atoms. The molecule has 1 atom stereocenters. The van der Waals surface area contributed by atoms with Crippen LogP contribution in [0.15, 0.2) is 30.3 Å². The highest BCUT2D eigenvalue weighted by Gasteiger charge is 2.15. The van der Waals surface area contributed by atoms with E-state index in [0.717, 1.165) is 36.1 Å². The van der Waals surface area contributed by atoms with Gasteiger partial charge in [0.25, 0.3) is 0 Å². The molecule has 3 aromatic rings. The molecule has 0 bridgehead atoms. The minimum absolute atomic E-state index is 0.237. The number of benzene rings is 2. The Labute approximate surface area is 165 Å². The average molecular weight is 404 g/mol. The van der Waals surface area contributed by atoms with Crippen LogP contribution in [0.4, 0.5) is 14.5 Å². The summed E-state index contributed by atoms with van der Waals surface area (Å²) < 4.78 is 27.4. The Kier molecular flexibility index (Phi) is 6.33.